The van der Waals surface area contributed by atoms with E-state index >= 15 is 65.9 Å². The van der Waals surface area contributed by atoms with E-state index in [-0.39, 0.29) is 81.5 Å². The molecule has 0 spiro atoms. The highest BCUT2D eigenvalue weighted by Gasteiger charge is 2.45. The van der Waals surface area contributed by atoms with Gasteiger partial charge in [0.05, 0.1) is 89.3 Å². The molecule has 0 fully saturated rings. The van der Waals surface area contributed by atoms with Crippen LogP contribution in [0.4, 0.5) is 119 Å². The molecule has 13 rings (SSSR count). The molecule has 0 aliphatic carbocycles. The predicted octanol–water partition coefficient (Wildman–Crippen LogP) is 26.4. The molecule has 3 aromatic heterocycles. The molecule has 0 saturated carbocycles. The molecule has 0 unspecified atom stereocenters. The van der Waals surface area contributed by atoms with Crippen LogP contribution in [0.1, 0.15) is 50.1 Å². The van der Waals surface area contributed by atoms with Crippen molar-refractivity contribution < 1.29 is 119 Å². The fourth-order valence-electron chi connectivity index (χ4n) is 12.8. The second-order valence-electron chi connectivity index (χ2n) is 23.8. The van der Waals surface area contributed by atoms with Gasteiger partial charge in [-0.25, -0.2) is 4.98 Å². The molecule has 0 aliphatic heterocycles. The lowest BCUT2D eigenvalue weighted by molar-refractivity contribution is -0.144. The Labute approximate surface area is 564 Å². The van der Waals surface area contributed by atoms with Crippen molar-refractivity contribution in [3.63, 3.8) is 0 Å². The highest BCUT2D eigenvalue weighted by Crippen LogP contribution is 2.52. The number of fused-ring (bicyclic) bond motifs is 6. The molecule has 0 saturated heterocycles. The molecule has 0 amide bonds. The van der Waals surface area contributed by atoms with Crippen LogP contribution in [0, 0.1) is 0 Å². The van der Waals surface area contributed by atoms with Crippen LogP contribution in [0.5, 0.6) is 0 Å². The van der Waals surface area contributed by atoms with Gasteiger partial charge in [-0.05, 0) is 142 Å². The lowest BCUT2D eigenvalue weighted by Crippen LogP contribution is -2.16. The quantitative estimate of drug-likeness (QED) is 0.139. The second-order valence-corrected chi connectivity index (χ2v) is 23.8. The summed E-state index contributed by atoms with van der Waals surface area (Å²) in [6.45, 7) is 0. The van der Waals surface area contributed by atoms with Crippen molar-refractivity contribution in [2.45, 2.75) is 55.6 Å². The monoisotopic (exact) mass is 1480 g/mol. The van der Waals surface area contributed by atoms with E-state index in [0.717, 1.165) is 84.9 Å². The van der Waals surface area contributed by atoms with Crippen LogP contribution in [0.2, 0.25) is 0 Å². The second kappa shape index (κ2) is 24.3. The van der Waals surface area contributed by atoms with E-state index in [1.807, 2.05) is 0 Å². The fourth-order valence-corrected chi connectivity index (χ4v) is 12.8. The summed E-state index contributed by atoms with van der Waals surface area (Å²) in [5.74, 6) is 0. The average Bonchev–Trinajstić information content (AvgIpc) is 1.48. The van der Waals surface area contributed by atoms with E-state index in [4.69, 9.17) is 4.98 Å². The van der Waals surface area contributed by atoms with E-state index in [1.54, 1.807) is 18.2 Å². The molecule has 0 aliphatic rings. The van der Waals surface area contributed by atoms with E-state index in [1.165, 1.54) is 30.3 Å². The van der Waals surface area contributed by atoms with Crippen molar-refractivity contribution in [1.29, 1.82) is 0 Å². The number of alkyl halides is 27. The number of nitrogens with zero attached hydrogens (tertiary/aromatic N) is 3. The summed E-state index contributed by atoms with van der Waals surface area (Å²) in [6, 6.07) is 24.9. The molecular formula is C74H34F27N3. The first kappa shape index (κ1) is 71.5. The van der Waals surface area contributed by atoms with E-state index in [2.05, 4.69) is 0 Å². The predicted molar refractivity (Wildman–Crippen MR) is 331 cm³/mol. The van der Waals surface area contributed by atoms with Crippen LogP contribution in [0.3, 0.4) is 0 Å². The standard InChI is InChI=1S/C74H34F27N3/c75-66(76,77)41-13-21-45(53(31-41)70(87,88)89)36-9-17-49-50-18-10-37(46-22-14-42(67(78,79)80)32-54(46)71(90,91)92)26-60(50)103(59(49)25-36)63-29-40(58-8-4-7-57(102-58)35-5-2-1-3-6-35)30-64(65(63)74(99,100)101)104-61-27-38(47-23-15-43(68(81,82)83)33-55(47)72(93,94)95)11-19-51(61)52-20-12-39(28-62(52)104)48-24-16-44(69(84,85)86)34-56(48)73(96,97)98/h1-34H. The van der Waals surface area contributed by atoms with Crippen molar-refractivity contribution in [3.8, 4) is 78.4 Å². The van der Waals surface area contributed by atoms with Gasteiger partial charge >= 0.3 is 55.6 Å². The van der Waals surface area contributed by atoms with Gasteiger partial charge in [0.15, 0.2) is 0 Å². The zero-order chi connectivity index (χ0) is 75.3. The molecule has 104 heavy (non-hydrogen) atoms. The van der Waals surface area contributed by atoms with Crippen LogP contribution in [-0.2, 0) is 55.6 Å². The number of hydrogen-bond donors (Lipinski definition) is 0. The Morgan fingerprint density at radius 1 is 0.212 bits per heavy atom. The Balaban J connectivity index is 1.23. The maximum absolute atomic E-state index is 17.7. The smallest absolute Gasteiger partial charge is 0.308 e. The highest BCUT2D eigenvalue weighted by atomic mass is 19.4. The van der Waals surface area contributed by atoms with Gasteiger partial charge in [0, 0.05) is 32.7 Å². The fraction of sp³-hybridized carbons (Fsp3) is 0.122. The first-order valence-corrected chi connectivity index (χ1v) is 29.9. The Bertz CT molecular complexity index is 5040. The third kappa shape index (κ3) is 13.1. The van der Waals surface area contributed by atoms with Gasteiger partial charge in [0.1, 0.15) is 5.56 Å². The zero-order valence-corrected chi connectivity index (χ0v) is 51.2. The van der Waals surface area contributed by atoms with Crippen LogP contribution in [-0.4, -0.2) is 14.1 Å². The number of aromatic nitrogens is 3. The number of hydrogen-bond acceptors (Lipinski definition) is 1. The Kier molecular flexibility index (Phi) is 16.7. The summed E-state index contributed by atoms with van der Waals surface area (Å²) >= 11 is 0. The summed E-state index contributed by atoms with van der Waals surface area (Å²) in [6.07, 6.45) is -50.3. The van der Waals surface area contributed by atoms with Gasteiger partial charge in [0.2, 0.25) is 0 Å². The van der Waals surface area contributed by atoms with Crippen molar-refractivity contribution >= 4 is 43.6 Å². The van der Waals surface area contributed by atoms with Gasteiger partial charge in [-0.3, -0.25) is 0 Å². The third-order valence-electron chi connectivity index (χ3n) is 17.4. The van der Waals surface area contributed by atoms with Crippen LogP contribution in [0.25, 0.3) is 122 Å². The van der Waals surface area contributed by atoms with Crippen LogP contribution < -0.4 is 0 Å². The summed E-state index contributed by atoms with van der Waals surface area (Å²) in [5.41, 5.74) is -29.9. The SMILES string of the molecule is FC(F)(F)c1ccc(-c2ccc3c4ccc(-c5ccc(C(F)(F)F)cc5C(F)(F)F)cc4n(-c4cc(-c5cccc(-c6ccccc6)n5)cc(-n5c6cc(-c7ccc(C(F)(F)F)cc7C(F)(F)F)ccc6c6ccc(-c7ccc(C(F)(F)F)cc7C(F)(F)F)cc65)c4C(F)(F)F)c3c2)c(C(F)(F)F)c1. The zero-order valence-electron chi connectivity index (χ0n) is 51.2. The normalized spacial score (nSPS) is 13.3. The van der Waals surface area contributed by atoms with Crippen molar-refractivity contribution in [2.75, 3.05) is 0 Å². The topological polar surface area (TPSA) is 22.8 Å². The third-order valence-corrected chi connectivity index (χ3v) is 17.4. The number of benzene rings is 10. The lowest BCUT2D eigenvalue weighted by atomic mass is 9.95. The first-order chi connectivity index (χ1) is 48.2. The van der Waals surface area contributed by atoms with E-state index in [9.17, 15) is 52.7 Å². The summed E-state index contributed by atoms with van der Waals surface area (Å²) in [5, 5.41) is -1.26. The molecule has 0 N–H and O–H groups in total. The largest absolute Gasteiger partial charge is 0.420 e. The summed E-state index contributed by atoms with van der Waals surface area (Å²) in [4.78, 5) is 4.70. The van der Waals surface area contributed by atoms with Crippen molar-refractivity contribution in [1.82, 2.24) is 14.1 Å². The minimum absolute atomic E-state index is 0.0615. The molecule has 534 valence electrons. The minimum atomic E-state index is -5.99. The maximum Gasteiger partial charge on any atom is 0.420 e. The molecule has 0 bridgehead atoms. The molecular weight excluding hydrogens is 1440 g/mol. The molecule has 10 aromatic carbocycles. The van der Waals surface area contributed by atoms with Gasteiger partial charge in [0.25, 0.3) is 0 Å². The molecule has 0 atom stereocenters. The van der Waals surface area contributed by atoms with Crippen LogP contribution >= 0.6 is 0 Å². The highest BCUT2D eigenvalue weighted by molar-refractivity contribution is 6.13. The van der Waals surface area contributed by atoms with E-state index in [0.29, 0.717) is 39.0 Å². The van der Waals surface area contributed by atoms with E-state index < -0.39 is 189 Å². The van der Waals surface area contributed by atoms with Gasteiger partial charge in [-0.2, -0.15) is 119 Å². The maximum atomic E-state index is 17.7. The van der Waals surface area contributed by atoms with Gasteiger partial charge in [-0.15, -0.1) is 0 Å². The lowest BCUT2D eigenvalue weighted by Gasteiger charge is -2.24. The Morgan fingerprint density at radius 2 is 0.481 bits per heavy atom. The number of halogens is 27. The molecule has 3 heterocycles. The average molecular weight is 1480 g/mol. The molecule has 3 nitrogen and oxygen atoms in total. The summed E-state index contributed by atoms with van der Waals surface area (Å²) in [7, 11) is 0. The molecule has 13 aromatic rings. The van der Waals surface area contributed by atoms with Crippen LogP contribution in [0.15, 0.2) is 206 Å². The van der Waals surface area contributed by atoms with Crippen molar-refractivity contribution in [3.05, 3.63) is 256 Å². The Morgan fingerprint density at radius 3 is 0.731 bits per heavy atom. The number of pyridine rings is 1. The first-order valence-electron chi connectivity index (χ1n) is 29.9. The van der Waals surface area contributed by atoms with Crippen molar-refractivity contribution in [2.24, 2.45) is 0 Å². The molecule has 30 heteroatoms. The van der Waals surface area contributed by atoms with Gasteiger partial charge in [-0.1, -0.05) is 109 Å². The summed E-state index contributed by atoms with van der Waals surface area (Å²) < 4.78 is 406. The minimum Gasteiger partial charge on any atom is -0.308 e. The number of rotatable bonds is 8. The van der Waals surface area contributed by atoms with Gasteiger partial charge < -0.3 is 9.13 Å². The Hall–Kier alpha value is -10.9. The molecule has 0 radical (unpaired) electrons.